The van der Waals surface area contributed by atoms with Gasteiger partial charge in [0.1, 0.15) is 17.7 Å². The van der Waals surface area contributed by atoms with E-state index in [2.05, 4.69) is 19.9 Å². The SMILES string of the molecule is CN(c1nc(-c2c[nH]c3ncc(Cl)cc23)ncc1F)C(C)(C)C(=O)NCC(F)(F)F.[HH]. The van der Waals surface area contributed by atoms with Gasteiger partial charge in [-0.2, -0.15) is 13.2 Å². The molecule has 0 aromatic carbocycles. The number of hydrogen-bond acceptors (Lipinski definition) is 5. The number of amides is 1. The van der Waals surface area contributed by atoms with Crippen LogP contribution < -0.4 is 10.2 Å². The summed E-state index contributed by atoms with van der Waals surface area (Å²) in [6.45, 7) is 1.22. The van der Waals surface area contributed by atoms with Crippen LogP contribution in [0, 0.1) is 5.82 Å². The molecule has 0 saturated carbocycles. The number of fused-ring (bicyclic) bond motifs is 1. The molecule has 0 aliphatic rings. The number of H-pyrrole nitrogens is 1. The van der Waals surface area contributed by atoms with Crippen molar-refractivity contribution in [1.82, 2.24) is 25.3 Å². The summed E-state index contributed by atoms with van der Waals surface area (Å²) in [7, 11) is 1.36. The number of aromatic amines is 1. The Labute approximate surface area is 175 Å². The first-order chi connectivity index (χ1) is 13.9. The molecule has 3 heterocycles. The van der Waals surface area contributed by atoms with E-state index in [9.17, 15) is 22.4 Å². The molecule has 7 nitrogen and oxygen atoms in total. The second-order valence-corrected chi connectivity index (χ2v) is 7.47. The van der Waals surface area contributed by atoms with Crippen LogP contribution in [0.15, 0.2) is 24.7 Å². The van der Waals surface area contributed by atoms with E-state index in [1.54, 1.807) is 17.6 Å². The molecule has 0 radical (unpaired) electrons. The van der Waals surface area contributed by atoms with Gasteiger partial charge >= 0.3 is 6.18 Å². The number of hydrogen-bond donors (Lipinski definition) is 2. The molecule has 1 amide bonds. The molecule has 162 valence electrons. The van der Waals surface area contributed by atoms with E-state index < -0.39 is 30.0 Å². The standard InChI is InChI=1S/C18H17ClF4N6O.H2/c1-17(2,16(30)27-8-18(21,22)23)29(3)15-12(20)7-26-14(28-15)11-6-25-13-10(11)4-9(19)5-24-13;/h4-7H,8H2,1-3H3,(H,24,25)(H,27,30);1H. The molecule has 0 spiro atoms. The van der Waals surface area contributed by atoms with Gasteiger partial charge in [-0.25, -0.2) is 19.3 Å². The average molecular weight is 447 g/mol. The Morgan fingerprint density at radius 1 is 1.30 bits per heavy atom. The first kappa shape index (κ1) is 21.8. The summed E-state index contributed by atoms with van der Waals surface area (Å²) in [4.78, 5) is 28.7. The Balaban J connectivity index is 0.00000341. The highest BCUT2D eigenvalue weighted by Gasteiger charge is 2.37. The predicted molar refractivity (Wildman–Crippen MR) is 106 cm³/mol. The lowest BCUT2D eigenvalue weighted by Gasteiger charge is -2.35. The number of rotatable bonds is 5. The minimum Gasteiger partial charge on any atom is -0.345 e. The van der Waals surface area contributed by atoms with E-state index in [1.165, 1.54) is 27.1 Å². The summed E-state index contributed by atoms with van der Waals surface area (Å²) in [5.74, 6) is -1.91. The van der Waals surface area contributed by atoms with E-state index in [-0.39, 0.29) is 13.1 Å². The Bertz CT molecular complexity index is 1100. The molecule has 0 atom stereocenters. The molecule has 0 unspecified atom stereocenters. The third kappa shape index (κ3) is 4.30. The number of halogens is 5. The van der Waals surface area contributed by atoms with Crippen LogP contribution in [0.5, 0.6) is 0 Å². The first-order valence-corrected chi connectivity index (χ1v) is 9.02. The number of anilines is 1. The van der Waals surface area contributed by atoms with Crippen LogP contribution in [-0.2, 0) is 4.79 Å². The summed E-state index contributed by atoms with van der Waals surface area (Å²) in [5.41, 5.74) is -0.527. The van der Waals surface area contributed by atoms with Crippen molar-refractivity contribution in [1.29, 1.82) is 0 Å². The fourth-order valence-corrected chi connectivity index (χ4v) is 2.86. The normalized spacial score (nSPS) is 12.3. The maximum atomic E-state index is 14.5. The van der Waals surface area contributed by atoms with Gasteiger partial charge in [-0.15, -0.1) is 0 Å². The van der Waals surface area contributed by atoms with Crippen LogP contribution in [0.25, 0.3) is 22.4 Å². The van der Waals surface area contributed by atoms with Crippen molar-refractivity contribution >= 4 is 34.4 Å². The number of likely N-dealkylation sites (N-methyl/N-ethyl adjacent to an activating group) is 1. The molecule has 0 bridgehead atoms. The number of aromatic nitrogens is 4. The Hall–Kier alpha value is -2.95. The number of pyridine rings is 1. The Kier molecular flexibility index (Phi) is 5.59. The van der Waals surface area contributed by atoms with E-state index in [1.807, 2.05) is 0 Å². The third-order valence-corrected chi connectivity index (χ3v) is 4.83. The molecule has 12 heteroatoms. The summed E-state index contributed by atoms with van der Waals surface area (Å²) < 4.78 is 51.8. The van der Waals surface area contributed by atoms with E-state index in [4.69, 9.17) is 11.6 Å². The van der Waals surface area contributed by atoms with Crippen molar-refractivity contribution in [2.24, 2.45) is 0 Å². The quantitative estimate of drug-likeness (QED) is 0.579. The van der Waals surface area contributed by atoms with Gasteiger partial charge < -0.3 is 15.2 Å². The van der Waals surface area contributed by atoms with Gasteiger partial charge in [-0.1, -0.05) is 11.6 Å². The highest BCUT2D eigenvalue weighted by molar-refractivity contribution is 6.31. The monoisotopic (exact) mass is 446 g/mol. The van der Waals surface area contributed by atoms with E-state index >= 15 is 0 Å². The van der Waals surface area contributed by atoms with Gasteiger partial charge in [-0.3, -0.25) is 4.79 Å². The van der Waals surface area contributed by atoms with Gasteiger partial charge in [0.05, 0.1) is 11.2 Å². The fraction of sp³-hybridized carbons (Fsp3) is 0.333. The number of carbonyl (C=O) groups excluding carboxylic acids is 1. The fourth-order valence-electron chi connectivity index (χ4n) is 2.70. The van der Waals surface area contributed by atoms with Gasteiger partial charge in [0.25, 0.3) is 0 Å². The van der Waals surface area contributed by atoms with Crippen LogP contribution in [-0.4, -0.2) is 51.2 Å². The molecule has 2 N–H and O–H groups in total. The smallest absolute Gasteiger partial charge is 0.345 e. The summed E-state index contributed by atoms with van der Waals surface area (Å²) >= 11 is 5.99. The minimum atomic E-state index is -4.57. The van der Waals surface area contributed by atoms with Crippen LogP contribution in [0.1, 0.15) is 15.3 Å². The average Bonchev–Trinajstić information content (AvgIpc) is 3.08. The second kappa shape index (κ2) is 7.71. The molecular formula is C18H19ClF4N6O. The molecule has 3 rings (SSSR count). The van der Waals surface area contributed by atoms with Crippen LogP contribution in [0.3, 0.4) is 0 Å². The third-order valence-electron chi connectivity index (χ3n) is 4.63. The van der Waals surface area contributed by atoms with Crippen molar-refractivity contribution in [2.75, 3.05) is 18.5 Å². The molecule has 0 fully saturated rings. The largest absolute Gasteiger partial charge is 0.405 e. The molecule has 3 aromatic rings. The van der Waals surface area contributed by atoms with Gasteiger partial charge in [-0.05, 0) is 19.9 Å². The minimum absolute atomic E-state index is 0. The van der Waals surface area contributed by atoms with Crippen LogP contribution in [0.4, 0.5) is 23.4 Å². The maximum absolute atomic E-state index is 14.5. The van der Waals surface area contributed by atoms with Crippen molar-refractivity contribution in [3.8, 4) is 11.4 Å². The highest BCUT2D eigenvalue weighted by atomic mass is 35.5. The number of nitrogens with one attached hydrogen (secondary N) is 2. The van der Waals surface area contributed by atoms with Gasteiger partial charge in [0.2, 0.25) is 5.91 Å². The van der Waals surface area contributed by atoms with E-state index in [0.29, 0.717) is 21.6 Å². The maximum Gasteiger partial charge on any atom is 0.405 e. The molecule has 0 aliphatic heterocycles. The van der Waals surface area contributed by atoms with E-state index in [0.717, 1.165) is 11.1 Å². The molecule has 3 aromatic heterocycles. The van der Waals surface area contributed by atoms with Crippen molar-refractivity contribution in [2.45, 2.75) is 25.6 Å². The van der Waals surface area contributed by atoms with Crippen molar-refractivity contribution < 1.29 is 23.8 Å². The molecular weight excluding hydrogens is 428 g/mol. The zero-order chi connectivity index (χ0) is 22.3. The molecule has 0 saturated heterocycles. The number of alkyl halides is 3. The number of nitrogens with zero attached hydrogens (tertiary/aromatic N) is 4. The van der Waals surface area contributed by atoms with Crippen LogP contribution in [0.2, 0.25) is 5.02 Å². The number of carbonyl (C=O) groups is 1. The van der Waals surface area contributed by atoms with Crippen molar-refractivity contribution in [3.63, 3.8) is 0 Å². The lowest BCUT2D eigenvalue weighted by Crippen LogP contribution is -2.55. The van der Waals surface area contributed by atoms with Crippen molar-refractivity contribution in [3.05, 3.63) is 35.5 Å². The summed E-state index contributed by atoms with van der Waals surface area (Å²) in [6, 6.07) is 1.64. The van der Waals surface area contributed by atoms with Gasteiger partial charge in [0, 0.05) is 31.8 Å². The zero-order valence-electron chi connectivity index (χ0n) is 16.1. The zero-order valence-corrected chi connectivity index (χ0v) is 16.9. The van der Waals surface area contributed by atoms with Gasteiger partial charge in [0.15, 0.2) is 17.5 Å². The van der Waals surface area contributed by atoms with Crippen LogP contribution >= 0.6 is 11.6 Å². The Morgan fingerprint density at radius 2 is 2.00 bits per heavy atom. The molecule has 0 aliphatic carbocycles. The highest BCUT2D eigenvalue weighted by Crippen LogP contribution is 2.30. The Morgan fingerprint density at radius 3 is 2.67 bits per heavy atom. The summed E-state index contributed by atoms with van der Waals surface area (Å²) in [6.07, 6.45) is -0.611. The molecule has 30 heavy (non-hydrogen) atoms. The second-order valence-electron chi connectivity index (χ2n) is 7.03. The summed E-state index contributed by atoms with van der Waals surface area (Å²) in [5, 5.41) is 2.79. The predicted octanol–water partition coefficient (Wildman–Crippen LogP) is 3.95. The lowest BCUT2D eigenvalue weighted by molar-refractivity contribution is -0.140. The topological polar surface area (TPSA) is 86.8 Å². The first-order valence-electron chi connectivity index (χ1n) is 8.64. The lowest BCUT2D eigenvalue weighted by atomic mass is 10.0.